The lowest BCUT2D eigenvalue weighted by Gasteiger charge is -2.26. The molecule has 1 aromatic heterocycles. The number of nitrogens with one attached hydrogen (secondary N) is 1. The maximum atomic E-state index is 13.5. The van der Waals surface area contributed by atoms with Crippen molar-refractivity contribution >= 4 is 36.4 Å². The third-order valence-electron chi connectivity index (χ3n) is 4.79. The normalized spacial score (nSPS) is 13.1. The van der Waals surface area contributed by atoms with Crippen molar-refractivity contribution in [1.82, 2.24) is 5.43 Å². The summed E-state index contributed by atoms with van der Waals surface area (Å²) in [4.78, 5) is 27.2. The van der Waals surface area contributed by atoms with E-state index in [4.69, 9.17) is 9.26 Å². The van der Waals surface area contributed by atoms with Gasteiger partial charge in [0.15, 0.2) is 0 Å². The summed E-state index contributed by atoms with van der Waals surface area (Å²) in [5, 5.41) is 3.16. The first-order valence-corrected chi connectivity index (χ1v) is 14.4. The molecule has 2 amide bonds. The Morgan fingerprint density at radius 3 is 2.37 bits per heavy atom. The number of rotatable bonds is 7. The zero-order valence-electron chi connectivity index (χ0n) is 20.6. The summed E-state index contributed by atoms with van der Waals surface area (Å²) in [6, 6.07) is 18.1. The summed E-state index contributed by atoms with van der Waals surface area (Å²) in [5.74, 6) is -0.435. The van der Waals surface area contributed by atoms with Crippen LogP contribution in [0.25, 0.3) is 10.4 Å². The molecule has 1 heterocycles. The molecule has 1 unspecified atom stereocenters. The van der Waals surface area contributed by atoms with Crippen molar-refractivity contribution in [2.45, 2.75) is 39.5 Å². The van der Waals surface area contributed by atoms with Crippen LogP contribution in [0.15, 0.2) is 66.0 Å². The fourth-order valence-electron chi connectivity index (χ4n) is 3.40. The highest BCUT2D eigenvalue weighted by Gasteiger charge is 2.25. The SMILES string of the molecule is CCOP(C)(=O)Cc1ccc(C(=O)N(NC(=O)OC(C)(C)C)c2cccc(-c3cccs3)c2)cc1. The number of hydrogen-bond donors (Lipinski definition) is 1. The summed E-state index contributed by atoms with van der Waals surface area (Å²) in [6.07, 6.45) is -0.467. The second-order valence-corrected chi connectivity index (χ2v) is 12.6. The van der Waals surface area contributed by atoms with E-state index in [1.165, 1.54) is 5.01 Å². The predicted octanol–water partition coefficient (Wildman–Crippen LogP) is 6.95. The van der Waals surface area contributed by atoms with E-state index in [2.05, 4.69) is 5.43 Å². The average Bonchev–Trinajstić information content (AvgIpc) is 3.31. The first-order chi connectivity index (χ1) is 16.5. The maximum absolute atomic E-state index is 13.5. The van der Waals surface area contributed by atoms with E-state index in [1.807, 2.05) is 35.7 Å². The minimum Gasteiger partial charge on any atom is -0.443 e. The molecule has 0 aliphatic heterocycles. The zero-order chi connectivity index (χ0) is 25.6. The third kappa shape index (κ3) is 7.79. The van der Waals surface area contributed by atoms with Gasteiger partial charge in [-0.3, -0.25) is 9.36 Å². The van der Waals surface area contributed by atoms with E-state index >= 15 is 0 Å². The molecular weight excluding hydrogens is 483 g/mol. The number of carbonyl (C=O) groups is 2. The van der Waals surface area contributed by atoms with Gasteiger partial charge in [0.1, 0.15) is 5.60 Å². The molecule has 0 radical (unpaired) electrons. The Morgan fingerprint density at radius 1 is 1.06 bits per heavy atom. The summed E-state index contributed by atoms with van der Waals surface area (Å²) in [5.41, 5.74) is 4.43. The van der Waals surface area contributed by atoms with Gasteiger partial charge in [0, 0.05) is 23.3 Å². The molecule has 0 aliphatic carbocycles. The Bertz CT molecular complexity index is 1200. The van der Waals surface area contributed by atoms with Crippen molar-refractivity contribution in [2.75, 3.05) is 18.3 Å². The molecule has 35 heavy (non-hydrogen) atoms. The van der Waals surface area contributed by atoms with Gasteiger partial charge < -0.3 is 9.26 Å². The number of nitrogens with zero attached hydrogens (tertiary/aromatic N) is 1. The van der Waals surface area contributed by atoms with E-state index in [9.17, 15) is 14.2 Å². The van der Waals surface area contributed by atoms with Crippen molar-refractivity contribution in [1.29, 1.82) is 0 Å². The topological polar surface area (TPSA) is 84.9 Å². The van der Waals surface area contributed by atoms with Crippen molar-refractivity contribution in [3.8, 4) is 10.4 Å². The highest BCUT2D eigenvalue weighted by Crippen LogP contribution is 2.46. The Kier molecular flexibility index (Phi) is 8.54. The van der Waals surface area contributed by atoms with Gasteiger partial charge in [0.05, 0.1) is 12.3 Å². The average molecular weight is 515 g/mol. The molecule has 3 aromatic rings. The minimum atomic E-state index is -2.76. The quantitative estimate of drug-likeness (QED) is 0.273. The van der Waals surface area contributed by atoms with Crippen LogP contribution in [0.4, 0.5) is 10.5 Å². The number of hydrogen-bond acceptors (Lipinski definition) is 6. The molecule has 0 bridgehead atoms. The first kappa shape index (κ1) is 26.7. The van der Waals surface area contributed by atoms with Crippen LogP contribution >= 0.6 is 18.7 Å². The zero-order valence-corrected chi connectivity index (χ0v) is 22.3. The number of thiophene rings is 1. The second kappa shape index (κ2) is 11.2. The second-order valence-electron chi connectivity index (χ2n) is 9.07. The lowest BCUT2D eigenvalue weighted by Crippen LogP contribution is -2.48. The molecule has 186 valence electrons. The molecule has 1 atom stereocenters. The molecule has 9 heteroatoms. The van der Waals surface area contributed by atoms with Gasteiger partial charge in [-0.05, 0) is 74.5 Å². The molecule has 7 nitrogen and oxygen atoms in total. The number of benzene rings is 2. The lowest BCUT2D eigenvalue weighted by molar-refractivity contribution is 0.0510. The van der Waals surface area contributed by atoms with Crippen LogP contribution in [0.1, 0.15) is 43.6 Å². The van der Waals surface area contributed by atoms with Gasteiger partial charge in [0.2, 0.25) is 7.37 Å². The van der Waals surface area contributed by atoms with Crippen LogP contribution in [0, 0.1) is 0 Å². The number of ether oxygens (including phenoxy) is 1. The van der Waals surface area contributed by atoms with Gasteiger partial charge in [-0.2, -0.15) is 0 Å². The number of anilines is 1. The summed E-state index contributed by atoms with van der Waals surface area (Å²) in [7, 11) is -2.76. The number of carbonyl (C=O) groups excluding carboxylic acids is 2. The molecule has 1 N–H and O–H groups in total. The van der Waals surface area contributed by atoms with Gasteiger partial charge in [-0.25, -0.2) is 15.2 Å². The third-order valence-corrected chi connectivity index (χ3v) is 7.45. The maximum Gasteiger partial charge on any atom is 0.427 e. The lowest BCUT2D eigenvalue weighted by atomic mass is 10.1. The van der Waals surface area contributed by atoms with Gasteiger partial charge >= 0.3 is 6.09 Å². The monoisotopic (exact) mass is 514 g/mol. The minimum absolute atomic E-state index is 0.276. The molecule has 3 rings (SSSR count). The molecule has 0 spiro atoms. The Balaban J connectivity index is 1.90. The highest BCUT2D eigenvalue weighted by atomic mass is 32.1. The Morgan fingerprint density at radius 2 is 1.77 bits per heavy atom. The number of amides is 2. The molecular formula is C26H31N2O5PS. The molecule has 2 aromatic carbocycles. The van der Waals surface area contributed by atoms with E-state index in [0.717, 1.165) is 16.0 Å². The molecule has 0 saturated heterocycles. The van der Waals surface area contributed by atoms with Crippen LogP contribution in [-0.4, -0.2) is 30.9 Å². The standard InChI is InChI=1S/C26H31N2O5PS/c1-6-32-34(5,31)18-19-12-14-20(15-13-19)24(29)28(27-25(30)33-26(2,3)4)22-10-7-9-21(17-22)23-11-8-16-35-23/h7-17H,6,18H2,1-5H3,(H,27,30). The van der Waals surface area contributed by atoms with E-state index < -0.39 is 25.0 Å². The van der Waals surface area contributed by atoms with Gasteiger partial charge in [-0.1, -0.05) is 30.3 Å². The molecule has 0 fully saturated rings. The molecule has 0 saturated carbocycles. The van der Waals surface area contributed by atoms with E-state index in [1.54, 1.807) is 76.0 Å². The fourth-order valence-corrected chi connectivity index (χ4v) is 5.63. The van der Waals surface area contributed by atoms with Crippen molar-refractivity contribution < 1.29 is 23.4 Å². The molecule has 0 aliphatic rings. The van der Waals surface area contributed by atoms with Crippen molar-refractivity contribution in [3.63, 3.8) is 0 Å². The number of hydrazine groups is 1. The largest absolute Gasteiger partial charge is 0.443 e. The van der Waals surface area contributed by atoms with Crippen LogP contribution in [0.5, 0.6) is 0 Å². The smallest absolute Gasteiger partial charge is 0.427 e. The Labute approximate surface area is 210 Å². The highest BCUT2D eigenvalue weighted by molar-refractivity contribution is 7.57. The van der Waals surface area contributed by atoms with Gasteiger partial charge in [0.25, 0.3) is 5.91 Å². The van der Waals surface area contributed by atoms with Crippen molar-refractivity contribution in [2.24, 2.45) is 0 Å². The van der Waals surface area contributed by atoms with E-state index in [0.29, 0.717) is 17.9 Å². The van der Waals surface area contributed by atoms with Gasteiger partial charge in [-0.15, -0.1) is 11.3 Å². The predicted molar refractivity (Wildman–Crippen MR) is 141 cm³/mol. The Hall–Kier alpha value is -2.93. The fraction of sp³-hybridized carbons (Fsp3) is 0.308. The summed E-state index contributed by atoms with van der Waals surface area (Å²) in [6.45, 7) is 9.04. The van der Waals surface area contributed by atoms with Crippen LogP contribution < -0.4 is 10.4 Å². The van der Waals surface area contributed by atoms with E-state index in [-0.39, 0.29) is 6.16 Å². The van der Waals surface area contributed by atoms with Crippen LogP contribution in [-0.2, 0) is 20.0 Å². The van der Waals surface area contributed by atoms with Crippen molar-refractivity contribution in [3.05, 3.63) is 77.2 Å². The summed E-state index contributed by atoms with van der Waals surface area (Å²) >= 11 is 1.58. The van der Waals surface area contributed by atoms with Crippen LogP contribution in [0.2, 0.25) is 0 Å². The van der Waals surface area contributed by atoms with Crippen LogP contribution in [0.3, 0.4) is 0 Å². The first-order valence-electron chi connectivity index (χ1n) is 11.3. The summed E-state index contributed by atoms with van der Waals surface area (Å²) < 4.78 is 23.2.